The summed E-state index contributed by atoms with van der Waals surface area (Å²) < 4.78 is 28.9. The molecular weight excluding hydrogens is 478 g/mol. The summed E-state index contributed by atoms with van der Waals surface area (Å²) in [6, 6.07) is 8.86. The number of benzene rings is 1. The van der Waals surface area contributed by atoms with Gasteiger partial charge in [-0.2, -0.15) is 8.42 Å². The van der Waals surface area contributed by atoms with Crippen molar-refractivity contribution in [2.24, 2.45) is 0 Å². The third-order valence-corrected chi connectivity index (χ3v) is 7.20. The molecule has 0 saturated carbocycles. The van der Waals surface area contributed by atoms with Crippen LogP contribution in [0.4, 0.5) is 0 Å². The molecule has 0 bridgehead atoms. The summed E-state index contributed by atoms with van der Waals surface area (Å²) >= 11 is 0. The number of nitrogens with zero attached hydrogens (tertiary/aromatic N) is 1. The summed E-state index contributed by atoms with van der Waals surface area (Å²) in [6.45, 7) is 11.0. The second kappa shape index (κ2) is 26.4. The van der Waals surface area contributed by atoms with Gasteiger partial charge in [-0.15, -0.1) is 0 Å². The zero-order chi connectivity index (χ0) is 27.5. The van der Waals surface area contributed by atoms with Crippen LogP contribution in [-0.2, 0) is 10.1 Å². The first kappa shape index (κ1) is 35.8. The van der Waals surface area contributed by atoms with Gasteiger partial charge in [0, 0.05) is 0 Å². The first-order chi connectivity index (χ1) is 17.9. The lowest BCUT2D eigenvalue weighted by atomic mass is 10.1. The second-order valence-corrected chi connectivity index (χ2v) is 11.7. The van der Waals surface area contributed by atoms with Gasteiger partial charge in [0.2, 0.25) is 0 Å². The smallest absolute Gasteiger partial charge is 0.287 e. The minimum Gasteiger partial charge on any atom is -0.303 e. The summed E-state index contributed by atoms with van der Waals surface area (Å²) in [6.07, 6.45) is 27.0. The van der Waals surface area contributed by atoms with Crippen LogP contribution in [0.25, 0.3) is 6.08 Å². The summed E-state index contributed by atoms with van der Waals surface area (Å²) in [5.74, 6) is 0. The van der Waals surface area contributed by atoms with Gasteiger partial charge in [-0.3, -0.25) is 4.55 Å². The molecule has 1 aromatic rings. The van der Waals surface area contributed by atoms with E-state index in [4.69, 9.17) is 4.55 Å². The van der Waals surface area contributed by atoms with E-state index in [1.165, 1.54) is 141 Å². The molecule has 4 nitrogen and oxygen atoms in total. The van der Waals surface area contributed by atoms with Gasteiger partial charge in [-0.1, -0.05) is 147 Å². The zero-order valence-electron chi connectivity index (χ0n) is 24.5. The molecule has 0 amide bonds. The van der Waals surface area contributed by atoms with Crippen molar-refractivity contribution < 1.29 is 13.0 Å². The molecule has 0 aromatic heterocycles. The third-order valence-electron chi connectivity index (χ3n) is 6.72. The molecule has 0 spiro atoms. The van der Waals surface area contributed by atoms with Gasteiger partial charge in [0.15, 0.2) is 0 Å². The summed E-state index contributed by atoms with van der Waals surface area (Å²) in [7, 11) is -4.00. The average molecular weight is 538 g/mol. The SMILES string of the molecule is CCCCCCCCN(CCCCCCCC)CCCCCCCC.O=S(=O)(O)C=Cc1ccccc1. The highest BCUT2D eigenvalue weighted by Crippen LogP contribution is 2.11. The lowest BCUT2D eigenvalue weighted by Gasteiger charge is -2.22. The molecule has 37 heavy (non-hydrogen) atoms. The highest BCUT2D eigenvalue weighted by atomic mass is 32.2. The van der Waals surface area contributed by atoms with Crippen molar-refractivity contribution in [3.63, 3.8) is 0 Å². The third kappa shape index (κ3) is 27.7. The molecule has 0 aliphatic heterocycles. The van der Waals surface area contributed by atoms with Crippen LogP contribution >= 0.6 is 0 Å². The van der Waals surface area contributed by atoms with Gasteiger partial charge in [-0.25, -0.2) is 0 Å². The Morgan fingerprint density at radius 1 is 0.595 bits per heavy atom. The Labute approximate surface area is 231 Å². The summed E-state index contributed by atoms with van der Waals surface area (Å²) in [5.41, 5.74) is 0.732. The topological polar surface area (TPSA) is 57.6 Å². The molecular formula is C32H59NO3S. The van der Waals surface area contributed by atoms with Crippen LogP contribution in [0.3, 0.4) is 0 Å². The van der Waals surface area contributed by atoms with E-state index in [0.717, 1.165) is 11.0 Å². The Morgan fingerprint density at radius 3 is 1.30 bits per heavy atom. The number of hydrogen-bond acceptors (Lipinski definition) is 3. The molecule has 0 saturated heterocycles. The van der Waals surface area contributed by atoms with E-state index in [2.05, 4.69) is 25.7 Å². The average Bonchev–Trinajstić information content (AvgIpc) is 2.89. The van der Waals surface area contributed by atoms with Crippen LogP contribution in [0.2, 0.25) is 0 Å². The van der Waals surface area contributed by atoms with Crippen molar-refractivity contribution in [1.29, 1.82) is 0 Å². The monoisotopic (exact) mass is 537 g/mol. The fraction of sp³-hybridized carbons (Fsp3) is 0.750. The minimum atomic E-state index is -4.00. The Bertz CT molecular complexity index is 681. The van der Waals surface area contributed by atoms with E-state index >= 15 is 0 Å². The standard InChI is InChI=1S/C24H51N.C8H8O3S/c1-4-7-10-13-16-19-22-25(23-20-17-14-11-8-5-2)24-21-18-15-12-9-6-3;9-12(10,11)7-6-8-4-2-1-3-5-8/h4-24H2,1-3H3;1-7H,(H,9,10,11). The lowest BCUT2D eigenvalue weighted by molar-refractivity contribution is 0.254. The van der Waals surface area contributed by atoms with Gasteiger partial charge >= 0.3 is 0 Å². The Hall–Kier alpha value is -1.17. The minimum absolute atomic E-state index is 0.732. The van der Waals surface area contributed by atoms with Crippen LogP contribution in [-0.4, -0.2) is 37.5 Å². The molecule has 1 N–H and O–H groups in total. The highest BCUT2D eigenvalue weighted by Gasteiger charge is 2.05. The molecule has 1 aromatic carbocycles. The molecule has 0 fully saturated rings. The maximum atomic E-state index is 10.3. The second-order valence-electron chi connectivity index (χ2n) is 10.4. The van der Waals surface area contributed by atoms with Gasteiger partial charge in [-0.05, 0) is 50.5 Å². The van der Waals surface area contributed by atoms with Crippen LogP contribution in [0, 0.1) is 0 Å². The van der Waals surface area contributed by atoms with Crippen molar-refractivity contribution in [1.82, 2.24) is 4.90 Å². The van der Waals surface area contributed by atoms with Crippen LogP contribution < -0.4 is 0 Å². The van der Waals surface area contributed by atoms with Crippen molar-refractivity contribution >= 4 is 16.2 Å². The number of hydrogen-bond donors (Lipinski definition) is 1. The molecule has 0 radical (unpaired) electrons. The molecule has 0 aliphatic rings. The van der Waals surface area contributed by atoms with Crippen LogP contribution in [0.15, 0.2) is 35.7 Å². The van der Waals surface area contributed by atoms with Crippen molar-refractivity contribution in [2.75, 3.05) is 19.6 Å². The molecule has 5 heteroatoms. The molecule has 0 atom stereocenters. The fourth-order valence-corrected chi connectivity index (χ4v) is 4.74. The van der Waals surface area contributed by atoms with E-state index in [-0.39, 0.29) is 0 Å². The first-order valence-corrected chi connectivity index (χ1v) is 16.9. The maximum absolute atomic E-state index is 10.3. The van der Waals surface area contributed by atoms with E-state index < -0.39 is 10.1 Å². The van der Waals surface area contributed by atoms with E-state index in [1.807, 2.05) is 6.07 Å². The largest absolute Gasteiger partial charge is 0.303 e. The summed E-state index contributed by atoms with van der Waals surface area (Å²) in [5, 5.41) is 0.752. The van der Waals surface area contributed by atoms with E-state index in [0.29, 0.717) is 0 Å². The normalized spacial score (nSPS) is 11.7. The molecule has 0 unspecified atom stereocenters. The Morgan fingerprint density at radius 2 is 0.946 bits per heavy atom. The predicted molar refractivity (Wildman–Crippen MR) is 164 cm³/mol. The first-order valence-electron chi connectivity index (χ1n) is 15.4. The Balaban J connectivity index is 0.000000893. The molecule has 0 aliphatic carbocycles. The van der Waals surface area contributed by atoms with Gasteiger partial charge in [0.1, 0.15) is 0 Å². The number of rotatable bonds is 23. The van der Waals surface area contributed by atoms with Crippen LogP contribution in [0.1, 0.15) is 142 Å². The lowest BCUT2D eigenvalue weighted by Crippen LogP contribution is -2.27. The van der Waals surface area contributed by atoms with Crippen LogP contribution in [0.5, 0.6) is 0 Å². The van der Waals surface area contributed by atoms with E-state index in [1.54, 1.807) is 24.3 Å². The van der Waals surface area contributed by atoms with Gasteiger partial charge in [0.05, 0.1) is 5.41 Å². The van der Waals surface area contributed by atoms with E-state index in [9.17, 15) is 8.42 Å². The molecule has 1 rings (SSSR count). The van der Waals surface area contributed by atoms with Gasteiger partial charge < -0.3 is 4.90 Å². The zero-order valence-corrected chi connectivity index (χ0v) is 25.3. The van der Waals surface area contributed by atoms with Crippen molar-refractivity contribution in [3.05, 3.63) is 41.3 Å². The van der Waals surface area contributed by atoms with Crippen molar-refractivity contribution in [3.8, 4) is 0 Å². The predicted octanol–water partition coefficient (Wildman–Crippen LogP) is 9.92. The maximum Gasteiger partial charge on any atom is 0.287 e. The van der Waals surface area contributed by atoms with Crippen molar-refractivity contribution in [2.45, 2.75) is 136 Å². The summed E-state index contributed by atoms with van der Waals surface area (Å²) in [4.78, 5) is 2.79. The Kier molecular flexibility index (Phi) is 25.6. The molecule has 216 valence electrons. The molecule has 0 heterocycles. The number of unbranched alkanes of at least 4 members (excludes halogenated alkanes) is 15. The fourth-order valence-electron chi connectivity index (χ4n) is 4.41. The highest BCUT2D eigenvalue weighted by molar-refractivity contribution is 7.88. The quantitative estimate of drug-likeness (QED) is 0.111. The van der Waals surface area contributed by atoms with Gasteiger partial charge in [0.25, 0.3) is 10.1 Å².